The molecule has 8 nitrogen and oxygen atoms in total. The lowest BCUT2D eigenvalue weighted by Gasteiger charge is -2.40. The average molecular weight is 465 g/mol. The first-order valence-electron chi connectivity index (χ1n) is 11.7. The van der Waals surface area contributed by atoms with Crippen molar-refractivity contribution in [3.8, 4) is 0 Å². The van der Waals surface area contributed by atoms with Crippen molar-refractivity contribution in [2.24, 2.45) is 0 Å². The maximum atomic E-state index is 12.8. The molecule has 1 saturated heterocycles. The molecule has 1 aliphatic rings. The van der Waals surface area contributed by atoms with Gasteiger partial charge in [0.1, 0.15) is 18.8 Å². The van der Waals surface area contributed by atoms with Crippen LogP contribution in [0.1, 0.15) is 35.7 Å². The first kappa shape index (κ1) is 24.1. The summed E-state index contributed by atoms with van der Waals surface area (Å²) < 4.78 is 16.6. The number of benzene rings is 2. The number of amides is 1. The quantitative estimate of drug-likeness (QED) is 0.466. The Balaban J connectivity index is 1.37. The summed E-state index contributed by atoms with van der Waals surface area (Å²) in [5, 5.41) is 11.5. The Morgan fingerprint density at radius 3 is 2.35 bits per heavy atom. The summed E-state index contributed by atoms with van der Waals surface area (Å²) in [5.74, 6) is 0.636. The van der Waals surface area contributed by atoms with E-state index in [1.54, 1.807) is 7.11 Å². The zero-order valence-corrected chi connectivity index (χ0v) is 19.6. The molecule has 1 aliphatic heterocycles. The number of nitrogens with zero attached hydrogens (tertiary/aromatic N) is 3. The molecular formula is C26H32N4O4. The van der Waals surface area contributed by atoms with E-state index in [0.29, 0.717) is 31.2 Å². The van der Waals surface area contributed by atoms with Crippen LogP contribution in [0.3, 0.4) is 0 Å². The Bertz CT molecular complexity index is 1020. The van der Waals surface area contributed by atoms with E-state index in [9.17, 15) is 4.79 Å². The second kappa shape index (κ2) is 11.9. The molecule has 1 amide bonds. The number of ether oxygens (including phenoxy) is 2. The molecule has 0 unspecified atom stereocenters. The summed E-state index contributed by atoms with van der Waals surface area (Å²) in [6.07, 6.45) is 2.35. The molecule has 1 N–H and O–H groups in total. The lowest BCUT2D eigenvalue weighted by atomic mass is 9.87. The first-order valence-corrected chi connectivity index (χ1v) is 11.7. The fraction of sp³-hybridized carbons (Fsp3) is 0.423. The maximum absolute atomic E-state index is 12.8. The van der Waals surface area contributed by atoms with Crippen LogP contribution in [0.5, 0.6) is 0 Å². The molecule has 2 aromatic carbocycles. The number of aromatic nitrogens is 2. The molecule has 3 aromatic rings. The van der Waals surface area contributed by atoms with Gasteiger partial charge < -0.3 is 24.1 Å². The SMILES string of the molecule is COCc1nnc(C2(NC(=O)COCc3ccccc3)CCN(CCc3ccccc3)CC2)o1. The van der Waals surface area contributed by atoms with E-state index in [0.717, 1.165) is 31.6 Å². The summed E-state index contributed by atoms with van der Waals surface area (Å²) in [5.41, 5.74) is 1.64. The molecule has 0 radical (unpaired) electrons. The van der Waals surface area contributed by atoms with Crippen LogP contribution < -0.4 is 5.32 Å². The Morgan fingerprint density at radius 1 is 1.00 bits per heavy atom. The van der Waals surface area contributed by atoms with Crippen molar-refractivity contribution in [2.75, 3.05) is 33.4 Å². The van der Waals surface area contributed by atoms with Crippen molar-refractivity contribution in [1.29, 1.82) is 0 Å². The van der Waals surface area contributed by atoms with Crippen molar-refractivity contribution < 1.29 is 18.7 Å². The van der Waals surface area contributed by atoms with Gasteiger partial charge in [-0.05, 0) is 30.4 Å². The van der Waals surface area contributed by atoms with E-state index in [4.69, 9.17) is 13.9 Å². The van der Waals surface area contributed by atoms with Crippen LogP contribution in [-0.4, -0.2) is 54.4 Å². The minimum absolute atomic E-state index is 0.0343. The van der Waals surface area contributed by atoms with Crippen LogP contribution in [0, 0.1) is 0 Å². The first-order chi connectivity index (χ1) is 16.7. The van der Waals surface area contributed by atoms with Crippen molar-refractivity contribution in [1.82, 2.24) is 20.4 Å². The third-order valence-corrected chi connectivity index (χ3v) is 6.14. The number of carbonyl (C=O) groups is 1. The molecular weight excluding hydrogens is 432 g/mol. The highest BCUT2D eigenvalue weighted by Gasteiger charge is 2.42. The molecule has 0 spiro atoms. The third kappa shape index (κ3) is 6.50. The fourth-order valence-corrected chi connectivity index (χ4v) is 4.25. The molecule has 0 bridgehead atoms. The zero-order valence-electron chi connectivity index (χ0n) is 19.6. The summed E-state index contributed by atoms with van der Waals surface area (Å²) in [4.78, 5) is 15.3. The van der Waals surface area contributed by atoms with Gasteiger partial charge in [0.15, 0.2) is 0 Å². The van der Waals surface area contributed by atoms with Crippen LogP contribution in [-0.2, 0) is 39.4 Å². The average Bonchev–Trinajstić information content (AvgIpc) is 3.35. The molecule has 180 valence electrons. The van der Waals surface area contributed by atoms with Crippen LogP contribution in [0.25, 0.3) is 0 Å². The highest BCUT2D eigenvalue weighted by atomic mass is 16.5. The smallest absolute Gasteiger partial charge is 0.246 e. The second-order valence-electron chi connectivity index (χ2n) is 8.62. The molecule has 2 heterocycles. The number of hydrogen-bond donors (Lipinski definition) is 1. The van der Waals surface area contributed by atoms with E-state index in [1.807, 2.05) is 36.4 Å². The fourth-order valence-electron chi connectivity index (χ4n) is 4.25. The third-order valence-electron chi connectivity index (χ3n) is 6.14. The summed E-state index contributed by atoms with van der Waals surface area (Å²) in [7, 11) is 1.58. The Morgan fingerprint density at radius 2 is 1.68 bits per heavy atom. The van der Waals surface area contributed by atoms with Gasteiger partial charge >= 0.3 is 0 Å². The summed E-state index contributed by atoms with van der Waals surface area (Å²) >= 11 is 0. The molecule has 0 saturated carbocycles. The molecule has 0 atom stereocenters. The minimum atomic E-state index is -0.713. The van der Waals surface area contributed by atoms with E-state index < -0.39 is 5.54 Å². The second-order valence-corrected chi connectivity index (χ2v) is 8.62. The standard InChI is InChI=1S/C26H32N4O4/c1-32-20-24-28-29-25(34-24)26(27-23(31)19-33-18-22-10-6-3-7-11-22)13-16-30(17-14-26)15-12-21-8-4-2-5-9-21/h2-11H,12-20H2,1H3,(H,27,31). The normalized spacial score (nSPS) is 15.8. The van der Waals surface area contributed by atoms with E-state index in [1.165, 1.54) is 5.56 Å². The minimum Gasteiger partial charge on any atom is -0.420 e. The molecule has 1 aromatic heterocycles. The number of methoxy groups -OCH3 is 1. The van der Waals surface area contributed by atoms with Crippen molar-refractivity contribution in [3.63, 3.8) is 0 Å². The highest BCUT2D eigenvalue weighted by Crippen LogP contribution is 2.32. The van der Waals surface area contributed by atoms with Gasteiger partial charge in [-0.25, -0.2) is 0 Å². The number of hydrogen-bond acceptors (Lipinski definition) is 7. The topological polar surface area (TPSA) is 89.7 Å². The van der Waals surface area contributed by atoms with Gasteiger partial charge in [-0.15, -0.1) is 10.2 Å². The number of rotatable bonds is 11. The number of piperidine rings is 1. The molecule has 4 rings (SSSR count). The van der Waals surface area contributed by atoms with Gasteiger partial charge in [-0.2, -0.15) is 0 Å². The molecule has 1 fully saturated rings. The van der Waals surface area contributed by atoms with Crippen molar-refractivity contribution in [2.45, 2.75) is 38.0 Å². The predicted octanol–water partition coefficient (Wildman–Crippen LogP) is 3.08. The molecule has 8 heteroatoms. The number of nitrogens with one attached hydrogen (secondary N) is 1. The number of likely N-dealkylation sites (tertiary alicyclic amines) is 1. The largest absolute Gasteiger partial charge is 0.420 e. The Labute approximate surface area is 200 Å². The van der Waals surface area contributed by atoms with Crippen molar-refractivity contribution in [3.05, 3.63) is 83.6 Å². The summed E-state index contributed by atoms with van der Waals surface area (Å²) in [6, 6.07) is 20.3. The van der Waals surface area contributed by atoms with Gasteiger partial charge in [0.25, 0.3) is 0 Å². The lowest BCUT2D eigenvalue weighted by molar-refractivity contribution is -0.129. The van der Waals surface area contributed by atoms with Crippen LogP contribution in [0.4, 0.5) is 0 Å². The van der Waals surface area contributed by atoms with E-state index >= 15 is 0 Å². The molecule has 34 heavy (non-hydrogen) atoms. The van der Waals surface area contributed by atoms with Crippen LogP contribution >= 0.6 is 0 Å². The zero-order chi connectivity index (χ0) is 23.6. The summed E-state index contributed by atoms with van der Waals surface area (Å²) in [6.45, 7) is 3.19. The van der Waals surface area contributed by atoms with Gasteiger partial charge in [0.05, 0.1) is 6.61 Å². The van der Waals surface area contributed by atoms with Gasteiger partial charge in [0.2, 0.25) is 17.7 Å². The Hall–Kier alpha value is -3.07. The van der Waals surface area contributed by atoms with Gasteiger partial charge in [-0.3, -0.25) is 4.79 Å². The Kier molecular flexibility index (Phi) is 8.41. The lowest BCUT2D eigenvalue weighted by Crippen LogP contribution is -2.54. The highest BCUT2D eigenvalue weighted by molar-refractivity contribution is 5.78. The van der Waals surface area contributed by atoms with Crippen LogP contribution in [0.15, 0.2) is 65.1 Å². The number of carbonyl (C=O) groups excluding carboxylic acids is 1. The van der Waals surface area contributed by atoms with Crippen LogP contribution in [0.2, 0.25) is 0 Å². The van der Waals surface area contributed by atoms with E-state index in [2.05, 4.69) is 44.7 Å². The van der Waals surface area contributed by atoms with Gasteiger partial charge in [0, 0.05) is 26.7 Å². The maximum Gasteiger partial charge on any atom is 0.246 e. The van der Waals surface area contributed by atoms with Crippen molar-refractivity contribution >= 4 is 5.91 Å². The van der Waals surface area contributed by atoms with E-state index in [-0.39, 0.29) is 19.1 Å². The monoisotopic (exact) mass is 464 g/mol. The molecule has 0 aliphatic carbocycles. The van der Waals surface area contributed by atoms with Gasteiger partial charge in [-0.1, -0.05) is 60.7 Å². The predicted molar refractivity (Wildman–Crippen MR) is 127 cm³/mol.